The molecule has 0 spiro atoms. The maximum Gasteiger partial charge on any atom is 0.307 e. The average Bonchev–Trinajstić information content (AvgIpc) is 3.35. The van der Waals surface area contributed by atoms with Crippen LogP contribution in [0, 0.1) is 10.1 Å². The quantitative estimate of drug-likeness (QED) is 0.325. The van der Waals surface area contributed by atoms with E-state index < -0.39 is 10.8 Å². The van der Waals surface area contributed by atoms with Crippen molar-refractivity contribution in [3.63, 3.8) is 0 Å². The molecule has 0 unspecified atom stereocenters. The van der Waals surface area contributed by atoms with Crippen LogP contribution in [0.5, 0.6) is 0 Å². The Balaban J connectivity index is 1.45. The number of para-hydroxylation sites is 1. The monoisotopic (exact) mass is 374 g/mol. The molecule has 4 rings (SSSR count). The van der Waals surface area contributed by atoms with Crippen molar-refractivity contribution in [1.29, 1.82) is 0 Å². The smallest absolute Gasteiger partial charge is 0.307 e. The van der Waals surface area contributed by atoms with Crippen molar-refractivity contribution in [3.05, 3.63) is 94.5 Å². The van der Waals surface area contributed by atoms with E-state index in [2.05, 4.69) is 10.5 Å². The van der Waals surface area contributed by atoms with Crippen molar-refractivity contribution >= 4 is 28.8 Å². The molecule has 28 heavy (non-hydrogen) atoms. The Morgan fingerprint density at radius 3 is 2.75 bits per heavy atom. The molecule has 2 aromatic heterocycles. The Morgan fingerprint density at radius 1 is 1.14 bits per heavy atom. The van der Waals surface area contributed by atoms with Crippen molar-refractivity contribution in [2.75, 3.05) is 0 Å². The zero-order valence-electron chi connectivity index (χ0n) is 14.5. The second kappa shape index (κ2) is 7.20. The fraction of sp³-hybridized carbons (Fsp3) is 0. The second-order valence-corrected chi connectivity index (χ2v) is 5.98. The number of amides is 1. The summed E-state index contributed by atoms with van der Waals surface area (Å²) in [5.74, 6) is -0.521. The van der Waals surface area contributed by atoms with Crippen molar-refractivity contribution in [3.8, 4) is 5.69 Å². The predicted octanol–water partition coefficient (Wildman–Crippen LogP) is 3.90. The Morgan fingerprint density at radius 2 is 1.96 bits per heavy atom. The van der Waals surface area contributed by atoms with E-state index in [0.717, 1.165) is 11.3 Å². The molecule has 0 fully saturated rings. The van der Waals surface area contributed by atoms with Gasteiger partial charge in [-0.05, 0) is 30.3 Å². The molecule has 0 aliphatic heterocycles. The molecule has 2 heterocycles. The van der Waals surface area contributed by atoms with Gasteiger partial charge in [0, 0.05) is 41.2 Å². The molecule has 0 saturated heterocycles. The number of fused-ring (bicyclic) bond motifs is 1. The van der Waals surface area contributed by atoms with Crippen molar-refractivity contribution in [2.45, 2.75) is 0 Å². The summed E-state index contributed by atoms with van der Waals surface area (Å²) in [4.78, 5) is 22.5. The van der Waals surface area contributed by atoms with Crippen LogP contribution in [0.2, 0.25) is 0 Å². The van der Waals surface area contributed by atoms with Gasteiger partial charge in [0.15, 0.2) is 5.76 Å². The standard InChI is InChI=1S/C20H14N4O4/c25-20(19-11-15-10-17(24(26)27)6-7-18(15)28-19)22-21-12-14-8-9-23(13-14)16-4-2-1-3-5-16/h1-13H,(H,22,25)/b21-12-. The van der Waals surface area contributed by atoms with Crippen molar-refractivity contribution in [1.82, 2.24) is 9.99 Å². The highest BCUT2D eigenvalue weighted by Gasteiger charge is 2.14. The van der Waals surface area contributed by atoms with Crippen LogP contribution < -0.4 is 5.43 Å². The van der Waals surface area contributed by atoms with Gasteiger partial charge >= 0.3 is 5.91 Å². The summed E-state index contributed by atoms with van der Waals surface area (Å²) >= 11 is 0. The number of furan rings is 1. The summed E-state index contributed by atoms with van der Waals surface area (Å²) in [7, 11) is 0. The minimum Gasteiger partial charge on any atom is -0.451 e. The number of rotatable bonds is 5. The third-order valence-corrected chi connectivity index (χ3v) is 4.08. The minimum absolute atomic E-state index is 0.0227. The maximum atomic E-state index is 12.2. The number of nitrogens with zero attached hydrogens (tertiary/aromatic N) is 3. The topological polar surface area (TPSA) is 103 Å². The third-order valence-electron chi connectivity index (χ3n) is 4.08. The molecule has 0 bridgehead atoms. The van der Waals surface area contributed by atoms with Gasteiger partial charge in [0.2, 0.25) is 0 Å². The lowest BCUT2D eigenvalue weighted by molar-refractivity contribution is -0.384. The average molecular weight is 374 g/mol. The van der Waals surface area contributed by atoms with Crippen LogP contribution in [0.1, 0.15) is 16.1 Å². The predicted molar refractivity (Wildman–Crippen MR) is 104 cm³/mol. The van der Waals surface area contributed by atoms with Gasteiger partial charge in [-0.1, -0.05) is 18.2 Å². The van der Waals surface area contributed by atoms with Crippen molar-refractivity contribution < 1.29 is 14.1 Å². The first-order chi connectivity index (χ1) is 13.6. The highest BCUT2D eigenvalue weighted by Crippen LogP contribution is 2.24. The van der Waals surface area contributed by atoms with E-state index in [4.69, 9.17) is 4.42 Å². The molecule has 138 valence electrons. The highest BCUT2D eigenvalue weighted by molar-refractivity contribution is 5.97. The van der Waals surface area contributed by atoms with Crippen molar-refractivity contribution in [2.24, 2.45) is 5.10 Å². The number of nitro groups is 1. The molecule has 8 heteroatoms. The van der Waals surface area contributed by atoms with E-state index in [1.54, 1.807) is 0 Å². The number of carbonyl (C=O) groups is 1. The zero-order valence-corrected chi connectivity index (χ0v) is 14.5. The molecular weight excluding hydrogens is 360 g/mol. The van der Waals surface area contributed by atoms with Gasteiger partial charge in [-0.25, -0.2) is 5.43 Å². The van der Waals surface area contributed by atoms with E-state index in [1.165, 1.54) is 30.5 Å². The lowest BCUT2D eigenvalue weighted by Gasteiger charge is -2.00. The summed E-state index contributed by atoms with van der Waals surface area (Å²) in [6.07, 6.45) is 5.29. The SMILES string of the molecule is O=C(N/N=C\c1ccn(-c2ccccc2)c1)c1cc2cc([N+](=O)[O-])ccc2o1. The first-order valence-corrected chi connectivity index (χ1v) is 8.35. The highest BCUT2D eigenvalue weighted by atomic mass is 16.6. The first-order valence-electron chi connectivity index (χ1n) is 8.35. The van der Waals surface area contributed by atoms with Crippen LogP contribution in [0.4, 0.5) is 5.69 Å². The van der Waals surface area contributed by atoms with Gasteiger partial charge in [0.05, 0.1) is 11.1 Å². The molecule has 0 saturated carbocycles. The van der Waals surface area contributed by atoms with E-state index >= 15 is 0 Å². The van der Waals surface area contributed by atoms with Gasteiger partial charge in [-0.3, -0.25) is 14.9 Å². The number of non-ortho nitro benzene ring substituents is 1. The molecule has 0 aliphatic rings. The summed E-state index contributed by atoms with van der Waals surface area (Å²) in [5.41, 5.74) is 4.53. The summed E-state index contributed by atoms with van der Waals surface area (Å²) in [6.45, 7) is 0. The van der Waals surface area contributed by atoms with Gasteiger partial charge in [0.1, 0.15) is 5.58 Å². The summed E-state index contributed by atoms with van der Waals surface area (Å²) in [5, 5.41) is 15.2. The fourth-order valence-corrected chi connectivity index (χ4v) is 2.73. The lowest BCUT2D eigenvalue weighted by Crippen LogP contribution is -2.16. The van der Waals surface area contributed by atoms with Crippen LogP contribution in [-0.2, 0) is 0 Å². The first kappa shape index (κ1) is 17.2. The van der Waals surface area contributed by atoms with Crippen LogP contribution in [0.15, 0.2) is 82.6 Å². The fourth-order valence-electron chi connectivity index (χ4n) is 2.73. The molecular formula is C20H14N4O4. The molecule has 1 amide bonds. The molecule has 0 aliphatic carbocycles. The zero-order chi connectivity index (χ0) is 19.5. The Kier molecular flexibility index (Phi) is 4.43. The van der Waals surface area contributed by atoms with Gasteiger partial charge in [-0.15, -0.1) is 0 Å². The molecule has 1 N–H and O–H groups in total. The second-order valence-electron chi connectivity index (χ2n) is 5.98. The number of hydrazone groups is 1. The van der Waals surface area contributed by atoms with Crippen LogP contribution >= 0.6 is 0 Å². The number of nitrogens with one attached hydrogen (secondary N) is 1. The Labute approximate surface area is 158 Å². The van der Waals surface area contributed by atoms with Gasteiger partial charge < -0.3 is 8.98 Å². The Hall–Kier alpha value is -4.20. The minimum atomic E-state index is -0.544. The number of nitro benzene ring substituents is 1. The van der Waals surface area contributed by atoms with Gasteiger partial charge in [0.25, 0.3) is 5.69 Å². The number of aromatic nitrogens is 1. The number of hydrogen-bond acceptors (Lipinski definition) is 5. The molecule has 2 aromatic carbocycles. The third kappa shape index (κ3) is 3.51. The van der Waals surface area contributed by atoms with E-state index in [0.29, 0.717) is 11.0 Å². The summed E-state index contributed by atoms with van der Waals surface area (Å²) in [6, 6.07) is 17.2. The molecule has 8 nitrogen and oxygen atoms in total. The number of benzene rings is 2. The largest absolute Gasteiger partial charge is 0.451 e. The lowest BCUT2D eigenvalue weighted by atomic mass is 10.2. The number of hydrogen-bond donors (Lipinski definition) is 1. The van der Waals surface area contributed by atoms with E-state index in [9.17, 15) is 14.9 Å². The molecule has 0 radical (unpaired) electrons. The summed E-state index contributed by atoms with van der Waals surface area (Å²) < 4.78 is 7.36. The molecule has 4 aromatic rings. The maximum absolute atomic E-state index is 12.2. The van der Waals surface area contributed by atoms with Crippen LogP contribution in [0.3, 0.4) is 0 Å². The number of carbonyl (C=O) groups excluding carboxylic acids is 1. The van der Waals surface area contributed by atoms with Crippen LogP contribution in [0.25, 0.3) is 16.7 Å². The van der Waals surface area contributed by atoms with Crippen LogP contribution in [-0.4, -0.2) is 21.6 Å². The van der Waals surface area contributed by atoms with Gasteiger partial charge in [-0.2, -0.15) is 5.10 Å². The molecule has 0 atom stereocenters. The Bertz CT molecular complexity index is 1190. The normalized spacial score (nSPS) is 11.1. The van der Waals surface area contributed by atoms with E-state index in [-0.39, 0.29) is 11.4 Å². The van der Waals surface area contributed by atoms with E-state index in [1.807, 2.05) is 53.4 Å².